The van der Waals surface area contributed by atoms with Gasteiger partial charge in [0.2, 0.25) is 5.91 Å². The van der Waals surface area contributed by atoms with E-state index in [2.05, 4.69) is 10.3 Å². The molecular weight excluding hydrogens is 287 g/mol. The van der Waals surface area contributed by atoms with E-state index in [1.807, 2.05) is 6.07 Å². The van der Waals surface area contributed by atoms with E-state index in [1.54, 1.807) is 24.0 Å². The third kappa shape index (κ3) is 3.35. The maximum absolute atomic E-state index is 13.7. The van der Waals surface area contributed by atoms with Crippen molar-refractivity contribution in [1.29, 1.82) is 0 Å². The maximum atomic E-state index is 13.7. The SMILES string of the molecule is O=C1NCCCCC1SCc1cc(F)cc2cccnc12. The molecule has 2 heterocycles. The molecule has 0 spiro atoms. The molecule has 1 unspecified atom stereocenters. The Labute approximate surface area is 127 Å². The largest absolute Gasteiger partial charge is 0.355 e. The first kappa shape index (κ1) is 14.3. The Balaban J connectivity index is 1.80. The summed E-state index contributed by atoms with van der Waals surface area (Å²) in [6.45, 7) is 0.764. The molecule has 1 fully saturated rings. The van der Waals surface area contributed by atoms with Gasteiger partial charge in [0.25, 0.3) is 0 Å². The Bertz CT molecular complexity index is 662. The predicted molar refractivity (Wildman–Crippen MR) is 83.6 cm³/mol. The van der Waals surface area contributed by atoms with Gasteiger partial charge in [-0.3, -0.25) is 9.78 Å². The van der Waals surface area contributed by atoms with Crippen molar-refractivity contribution in [2.75, 3.05) is 6.54 Å². The van der Waals surface area contributed by atoms with E-state index in [4.69, 9.17) is 0 Å². The first-order chi connectivity index (χ1) is 10.2. The van der Waals surface area contributed by atoms with Crippen molar-refractivity contribution in [3.05, 3.63) is 41.8 Å². The second-order valence-electron chi connectivity index (χ2n) is 5.23. The van der Waals surface area contributed by atoms with E-state index in [0.29, 0.717) is 5.75 Å². The molecule has 3 rings (SSSR count). The van der Waals surface area contributed by atoms with Crippen LogP contribution in [0.25, 0.3) is 10.9 Å². The normalized spacial score (nSPS) is 19.3. The van der Waals surface area contributed by atoms with Gasteiger partial charge in [-0.1, -0.05) is 12.5 Å². The highest BCUT2D eigenvalue weighted by Crippen LogP contribution is 2.27. The number of thioether (sulfide) groups is 1. The number of carbonyl (C=O) groups is 1. The fraction of sp³-hybridized carbons (Fsp3) is 0.375. The predicted octanol–water partition coefficient (Wildman–Crippen LogP) is 3.28. The average molecular weight is 304 g/mol. The van der Waals surface area contributed by atoms with Gasteiger partial charge in [-0.05, 0) is 36.6 Å². The minimum absolute atomic E-state index is 0.0467. The van der Waals surface area contributed by atoms with Crippen molar-refractivity contribution in [3.63, 3.8) is 0 Å². The molecule has 110 valence electrons. The lowest BCUT2D eigenvalue weighted by molar-refractivity contribution is -0.120. The second-order valence-corrected chi connectivity index (χ2v) is 6.42. The molecule has 1 aliphatic heterocycles. The Kier molecular flexibility index (Phi) is 4.39. The van der Waals surface area contributed by atoms with Crippen LogP contribution in [0, 0.1) is 5.82 Å². The molecule has 1 atom stereocenters. The first-order valence-corrected chi connectivity index (χ1v) is 8.21. The average Bonchev–Trinajstić information content (AvgIpc) is 2.69. The van der Waals surface area contributed by atoms with Crippen LogP contribution in [-0.2, 0) is 10.5 Å². The van der Waals surface area contributed by atoms with Crippen LogP contribution in [0.1, 0.15) is 24.8 Å². The molecule has 1 aliphatic rings. The Morgan fingerprint density at radius 1 is 1.38 bits per heavy atom. The summed E-state index contributed by atoms with van der Waals surface area (Å²) in [6, 6.07) is 6.68. The molecule has 3 nitrogen and oxygen atoms in total. The van der Waals surface area contributed by atoms with E-state index in [0.717, 1.165) is 42.3 Å². The number of benzene rings is 1. The molecule has 0 saturated carbocycles. The van der Waals surface area contributed by atoms with Crippen LogP contribution in [-0.4, -0.2) is 22.7 Å². The number of nitrogens with one attached hydrogen (secondary N) is 1. The van der Waals surface area contributed by atoms with Gasteiger partial charge in [0, 0.05) is 23.9 Å². The van der Waals surface area contributed by atoms with Crippen LogP contribution in [0.4, 0.5) is 4.39 Å². The lowest BCUT2D eigenvalue weighted by atomic mass is 10.1. The number of aromatic nitrogens is 1. The third-order valence-electron chi connectivity index (χ3n) is 3.67. The van der Waals surface area contributed by atoms with Gasteiger partial charge in [-0.2, -0.15) is 0 Å². The minimum Gasteiger partial charge on any atom is -0.355 e. The van der Waals surface area contributed by atoms with E-state index >= 15 is 0 Å². The number of hydrogen-bond donors (Lipinski definition) is 1. The van der Waals surface area contributed by atoms with Crippen molar-refractivity contribution in [2.45, 2.75) is 30.3 Å². The summed E-state index contributed by atoms with van der Waals surface area (Å²) >= 11 is 1.58. The topological polar surface area (TPSA) is 42.0 Å². The summed E-state index contributed by atoms with van der Waals surface area (Å²) in [5.74, 6) is 0.450. The van der Waals surface area contributed by atoms with Crippen LogP contribution in [0.15, 0.2) is 30.5 Å². The molecule has 1 aromatic heterocycles. The lowest BCUT2D eigenvalue weighted by Gasteiger charge is -2.13. The van der Waals surface area contributed by atoms with Crippen molar-refractivity contribution < 1.29 is 9.18 Å². The van der Waals surface area contributed by atoms with Gasteiger partial charge >= 0.3 is 0 Å². The quantitative estimate of drug-likeness (QED) is 0.946. The molecule has 2 aromatic rings. The van der Waals surface area contributed by atoms with Crippen molar-refractivity contribution >= 4 is 28.6 Å². The Morgan fingerprint density at radius 3 is 3.19 bits per heavy atom. The molecule has 5 heteroatoms. The molecule has 0 bridgehead atoms. The summed E-state index contributed by atoms with van der Waals surface area (Å²) in [5, 5.41) is 3.69. The van der Waals surface area contributed by atoms with Gasteiger partial charge in [-0.15, -0.1) is 11.8 Å². The van der Waals surface area contributed by atoms with E-state index in [9.17, 15) is 9.18 Å². The van der Waals surface area contributed by atoms with E-state index < -0.39 is 0 Å². The monoisotopic (exact) mass is 304 g/mol. The molecule has 0 aliphatic carbocycles. The van der Waals surface area contributed by atoms with Crippen LogP contribution < -0.4 is 5.32 Å². The smallest absolute Gasteiger partial charge is 0.233 e. The van der Waals surface area contributed by atoms with Crippen molar-refractivity contribution in [2.24, 2.45) is 0 Å². The standard InChI is InChI=1S/C16H17FN2OS/c17-13-8-11-4-3-7-18-15(11)12(9-13)10-21-14-5-1-2-6-19-16(14)20/h3-4,7-9,14H,1-2,5-6,10H2,(H,19,20). The number of fused-ring (bicyclic) bond motifs is 1. The minimum atomic E-state index is -0.253. The number of pyridine rings is 1. The zero-order valence-corrected chi connectivity index (χ0v) is 12.5. The highest BCUT2D eigenvalue weighted by molar-refractivity contribution is 7.99. The maximum Gasteiger partial charge on any atom is 0.233 e. The molecule has 21 heavy (non-hydrogen) atoms. The number of rotatable bonds is 3. The highest BCUT2D eigenvalue weighted by atomic mass is 32.2. The van der Waals surface area contributed by atoms with Gasteiger partial charge in [-0.25, -0.2) is 4.39 Å². The zero-order valence-electron chi connectivity index (χ0n) is 11.6. The van der Waals surface area contributed by atoms with Crippen LogP contribution in [0.2, 0.25) is 0 Å². The number of halogens is 1. The summed E-state index contributed by atoms with van der Waals surface area (Å²) in [7, 11) is 0. The Hall–Kier alpha value is -1.62. The van der Waals surface area contributed by atoms with Gasteiger partial charge in [0.1, 0.15) is 5.82 Å². The van der Waals surface area contributed by atoms with E-state index in [1.165, 1.54) is 12.1 Å². The van der Waals surface area contributed by atoms with Crippen LogP contribution in [0.5, 0.6) is 0 Å². The molecule has 1 amide bonds. The van der Waals surface area contributed by atoms with Crippen molar-refractivity contribution in [3.8, 4) is 0 Å². The molecule has 1 N–H and O–H groups in total. The molecule has 1 aromatic carbocycles. The number of amides is 1. The number of carbonyl (C=O) groups excluding carboxylic acids is 1. The lowest BCUT2D eigenvalue weighted by Crippen LogP contribution is -2.30. The van der Waals surface area contributed by atoms with Gasteiger partial charge in [0.05, 0.1) is 10.8 Å². The first-order valence-electron chi connectivity index (χ1n) is 7.16. The highest BCUT2D eigenvalue weighted by Gasteiger charge is 2.21. The Morgan fingerprint density at radius 2 is 2.29 bits per heavy atom. The number of hydrogen-bond acceptors (Lipinski definition) is 3. The van der Waals surface area contributed by atoms with E-state index in [-0.39, 0.29) is 17.0 Å². The molecular formula is C16H17FN2OS. The van der Waals surface area contributed by atoms with Crippen LogP contribution in [0.3, 0.4) is 0 Å². The van der Waals surface area contributed by atoms with Crippen LogP contribution >= 0.6 is 11.8 Å². The second kappa shape index (κ2) is 6.43. The molecule has 0 radical (unpaired) electrons. The fourth-order valence-corrected chi connectivity index (χ4v) is 3.77. The fourth-order valence-electron chi connectivity index (χ4n) is 2.60. The summed E-state index contributed by atoms with van der Waals surface area (Å²) in [5.41, 5.74) is 1.67. The third-order valence-corrected chi connectivity index (χ3v) is 5.00. The summed E-state index contributed by atoms with van der Waals surface area (Å²) in [4.78, 5) is 16.3. The number of nitrogens with zero attached hydrogens (tertiary/aromatic N) is 1. The van der Waals surface area contributed by atoms with Gasteiger partial charge < -0.3 is 5.32 Å². The summed E-state index contributed by atoms with van der Waals surface area (Å²) in [6.07, 6.45) is 4.69. The van der Waals surface area contributed by atoms with Gasteiger partial charge in [0.15, 0.2) is 0 Å². The molecule has 1 saturated heterocycles. The summed E-state index contributed by atoms with van der Waals surface area (Å²) < 4.78 is 13.7. The van der Waals surface area contributed by atoms with Crippen molar-refractivity contribution in [1.82, 2.24) is 10.3 Å². The zero-order chi connectivity index (χ0) is 14.7.